The number of hydrogen-bond acceptors (Lipinski definition) is 11. The van der Waals surface area contributed by atoms with E-state index < -0.39 is 10.0 Å². The second kappa shape index (κ2) is 14.4. The predicted octanol–water partition coefficient (Wildman–Crippen LogP) is 3.31. The molecule has 0 spiro atoms. The van der Waals surface area contributed by atoms with Crippen LogP contribution < -0.4 is 10.1 Å². The molecule has 0 bridgehead atoms. The van der Waals surface area contributed by atoms with Crippen LogP contribution in [0.1, 0.15) is 39.1 Å². The van der Waals surface area contributed by atoms with Crippen molar-refractivity contribution in [3.8, 4) is 5.75 Å². The third kappa shape index (κ3) is 7.26. The molecule has 0 saturated carbocycles. The quantitative estimate of drug-likeness (QED) is 0.234. The van der Waals surface area contributed by atoms with Gasteiger partial charge in [0.1, 0.15) is 5.75 Å². The first-order chi connectivity index (χ1) is 22.7. The Morgan fingerprint density at radius 1 is 1.06 bits per heavy atom. The number of rotatable bonds is 11. The number of hydrogen-bond donors (Lipinski definition) is 1. The number of morpholine rings is 1. The molecule has 2 aliphatic heterocycles. The lowest BCUT2D eigenvalue weighted by Crippen LogP contribution is -2.40. The number of carbonyl (C=O) groups is 2. The molecule has 16 heteroatoms. The molecular formula is C31H33N7O6S3. The molecule has 1 N–H and O–H groups in total. The molecule has 1 atom stereocenters. The highest BCUT2D eigenvalue weighted by molar-refractivity contribution is 7.99. The Bertz CT molecular complexity index is 1850. The molecule has 2 aromatic carbocycles. The maximum Gasteiger partial charge on any atom is 0.253 e. The van der Waals surface area contributed by atoms with Crippen molar-refractivity contribution in [2.24, 2.45) is 12.1 Å². The summed E-state index contributed by atoms with van der Waals surface area (Å²) in [6, 6.07) is 17.2. The third-order valence-corrected chi connectivity index (χ3v) is 11.7. The summed E-state index contributed by atoms with van der Waals surface area (Å²) in [4.78, 5) is 27.5. The van der Waals surface area contributed by atoms with Gasteiger partial charge in [0.2, 0.25) is 10.0 Å². The molecule has 47 heavy (non-hydrogen) atoms. The summed E-state index contributed by atoms with van der Waals surface area (Å²) in [5, 5.41) is 20.0. The van der Waals surface area contributed by atoms with E-state index in [4.69, 9.17) is 14.6 Å². The van der Waals surface area contributed by atoms with Gasteiger partial charge in [0, 0.05) is 32.1 Å². The summed E-state index contributed by atoms with van der Waals surface area (Å²) >= 11 is 2.83. The Labute approximate surface area is 280 Å². The topological polar surface area (TPSA) is 148 Å². The summed E-state index contributed by atoms with van der Waals surface area (Å²) in [5.41, 5.74) is 2.14. The standard InChI is InChI=1S/C31H33N7O6S3/c1-36-28(19-32-30(40)22-7-11-24(12-8-22)47(41,42)37-13-15-44-16-14-37)33-34-31(36)46-20-29(39)38-26(21-5-9-23(43-2)10-6-21)18-25(35-38)27-4-3-17-45-27/h3-12,17,26H,13-16,18-20H2,1-2H3,(H,32,40). The molecule has 1 saturated heterocycles. The molecule has 4 heterocycles. The first-order valence-electron chi connectivity index (χ1n) is 14.8. The molecule has 0 aliphatic carbocycles. The van der Waals surface area contributed by atoms with Crippen LogP contribution in [-0.2, 0) is 33.1 Å². The Morgan fingerprint density at radius 2 is 1.81 bits per heavy atom. The van der Waals surface area contributed by atoms with E-state index in [1.54, 1.807) is 35.1 Å². The summed E-state index contributed by atoms with van der Waals surface area (Å²) in [5.74, 6) is 0.771. The Balaban J connectivity index is 1.06. The fourth-order valence-corrected chi connectivity index (χ4v) is 8.12. The van der Waals surface area contributed by atoms with Gasteiger partial charge in [-0.2, -0.15) is 9.41 Å². The van der Waals surface area contributed by atoms with E-state index in [9.17, 15) is 18.0 Å². The van der Waals surface area contributed by atoms with E-state index in [-0.39, 0.29) is 35.0 Å². The van der Waals surface area contributed by atoms with Crippen LogP contribution in [0.25, 0.3) is 0 Å². The number of ether oxygens (including phenoxy) is 2. The van der Waals surface area contributed by atoms with Crippen molar-refractivity contribution in [3.05, 3.63) is 87.9 Å². The SMILES string of the molecule is COc1ccc(C2CC(c3cccs3)=NN2C(=O)CSc2nnc(CNC(=O)c3ccc(S(=O)(=O)N4CCOCC4)cc3)n2C)cc1. The molecule has 246 valence electrons. The molecule has 0 radical (unpaired) electrons. The normalized spacial score (nSPS) is 17.0. The lowest BCUT2D eigenvalue weighted by Gasteiger charge is -2.26. The Morgan fingerprint density at radius 3 is 2.49 bits per heavy atom. The number of carbonyl (C=O) groups excluding carboxylic acids is 2. The highest BCUT2D eigenvalue weighted by Crippen LogP contribution is 2.35. The number of thiophene rings is 1. The minimum atomic E-state index is -3.65. The number of aromatic nitrogens is 3. The lowest BCUT2D eigenvalue weighted by molar-refractivity contribution is -0.130. The van der Waals surface area contributed by atoms with Crippen molar-refractivity contribution in [2.75, 3.05) is 39.2 Å². The van der Waals surface area contributed by atoms with Gasteiger partial charge in [0.15, 0.2) is 11.0 Å². The Kier molecular flexibility index (Phi) is 10.0. The predicted molar refractivity (Wildman–Crippen MR) is 177 cm³/mol. The second-order valence-electron chi connectivity index (χ2n) is 10.7. The number of methoxy groups -OCH3 is 1. The van der Waals surface area contributed by atoms with Crippen LogP contribution in [0.3, 0.4) is 0 Å². The van der Waals surface area contributed by atoms with Gasteiger partial charge in [-0.3, -0.25) is 9.59 Å². The second-order valence-corrected chi connectivity index (χ2v) is 14.6. The van der Waals surface area contributed by atoms with Crippen molar-refractivity contribution in [1.82, 2.24) is 29.4 Å². The smallest absolute Gasteiger partial charge is 0.253 e. The van der Waals surface area contributed by atoms with Gasteiger partial charge in [0.05, 0.1) is 54.1 Å². The van der Waals surface area contributed by atoms with Crippen molar-refractivity contribution >= 4 is 50.6 Å². The average Bonchev–Trinajstić information content (AvgIpc) is 3.87. The largest absolute Gasteiger partial charge is 0.497 e. The van der Waals surface area contributed by atoms with Crippen molar-refractivity contribution in [2.45, 2.75) is 29.1 Å². The molecule has 1 unspecified atom stereocenters. The van der Waals surface area contributed by atoms with E-state index in [1.165, 1.54) is 40.3 Å². The van der Waals surface area contributed by atoms with Crippen LogP contribution >= 0.6 is 23.1 Å². The molecule has 4 aromatic rings. The van der Waals surface area contributed by atoms with Crippen molar-refractivity contribution < 1.29 is 27.5 Å². The molecule has 1 fully saturated rings. The number of nitrogens with zero attached hydrogens (tertiary/aromatic N) is 6. The molecule has 13 nitrogen and oxygen atoms in total. The summed E-state index contributed by atoms with van der Waals surface area (Å²) in [6.45, 7) is 1.39. The van der Waals surface area contributed by atoms with Crippen molar-refractivity contribution in [1.29, 1.82) is 0 Å². The van der Waals surface area contributed by atoms with Crippen LogP contribution in [0.15, 0.2) is 81.2 Å². The van der Waals surface area contributed by atoms with Gasteiger partial charge >= 0.3 is 0 Å². The fraction of sp³-hybridized carbons (Fsp3) is 0.323. The van der Waals surface area contributed by atoms with Gasteiger partial charge in [-0.1, -0.05) is 30.0 Å². The van der Waals surface area contributed by atoms with Crippen LogP contribution in [-0.4, -0.2) is 89.2 Å². The fourth-order valence-electron chi connectivity index (χ4n) is 5.21. The highest BCUT2D eigenvalue weighted by Gasteiger charge is 2.34. The van der Waals surface area contributed by atoms with E-state index in [0.717, 1.165) is 21.9 Å². The number of sulfonamides is 1. The van der Waals surface area contributed by atoms with Crippen LogP contribution in [0, 0.1) is 0 Å². The van der Waals surface area contributed by atoms with E-state index in [2.05, 4.69) is 15.5 Å². The maximum atomic E-state index is 13.5. The zero-order valence-corrected chi connectivity index (χ0v) is 28.2. The maximum absolute atomic E-state index is 13.5. The molecular weight excluding hydrogens is 663 g/mol. The number of amides is 2. The van der Waals surface area contributed by atoms with Gasteiger partial charge in [-0.05, 0) is 53.4 Å². The molecule has 2 aliphatic rings. The summed E-state index contributed by atoms with van der Waals surface area (Å²) < 4.78 is 39.4. The molecule has 2 amide bonds. The summed E-state index contributed by atoms with van der Waals surface area (Å²) in [6.07, 6.45) is 0.601. The van der Waals surface area contributed by atoms with Gasteiger partial charge in [-0.15, -0.1) is 21.5 Å². The lowest BCUT2D eigenvalue weighted by atomic mass is 10.0. The number of benzene rings is 2. The number of nitrogens with one attached hydrogen (secondary N) is 1. The van der Waals surface area contributed by atoms with Gasteiger partial charge < -0.3 is 19.4 Å². The van der Waals surface area contributed by atoms with Crippen LogP contribution in [0.4, 0.5) is 0 Å². The van der Waals surface area contributed by atoms with E-state index >= 15 is 0 Å². The minimum absolute atomic E-state index is 0.0881. The van der Waals surface area contributed by atoms with Crippen molar-refractivity contribution in [3.63, 3.8) is 0 Å². The third-order valence-electron chi connectivity index (χ3n) is 7.85. The summed E-state index contributed by atoms with van der Waals surface area (Å²) in [7, 11) is -0.272. The van der Waals surface area contributed by atoms with E-state index in [0.29, 0.717) is 49.3 Å². The van der Waals surface area contributed by atoms with Crippen LogP contribution in [0.2, 0.25) is 0 Å². The van der Waals surface area contributed by atoms with Gasteiger partial charge in [0.25, 0.3) is 11.8 Å². The first-order valence-corrected chi connectivity index (χ1v) is 18.1. The van der Waals surface area contributed by atoms with Gasteiger partial charge in [-0.25, -0.2) is 13.4 Å². The zero-order chi connectivity index (χ0) is 33.0. The monoisotopic (exact) mass is 695 g/mol. The zero-order valence-electron chi connectivity index (χ0n) is 25.7. The first kappa shape index (κ1) is 32.8. The number of hydrazone groups is 1. The minimum Gasteiger partial charge on any atom is -0.497 e. The molecule has 2 aromatic heterocycles. The Hall–Kier alpha value is -4.09. The highest BCUT2D eigenvalue weighted by atomic mass is 32.2. The number of thioether (sulfide) groups is 1. The average molecular weight is 696 g/mol. The molecule has 6 rings (SSSR count). The van der Waals surface area contributed by atoms with Crippen LogP contribution in [0.5, 0.6) is 5.75 Å². The van der Waals surface area contributed by atoms with E-state index in [1.807, 2.05) is 41.8 Å².